The first-order chi connectivity index (χ1) is 2.64. The SMILES string of the molecule is O=C([O-])P([O-])[O-]. The summed E-state index contributed by atoms with van der Waals surface area (Å²) in [7, 11) is -3.35. The van der Waals surface area contributed by atoms with Crippen LogP contribution in [0.3, 0.4) is 0 Å². The molecule has 0 fully saturated rings. The van der Waals surface area contributed by atoms with E-state index in [0.29, 0.717) is 0 Å². The van der Waals surface area contributed by atoms with Crippen molar-refractivity contribution in [2.75, 3.05) is 0 Å². The molecule has 0 amide bonds. The third-order valence-corrected chi connectivity index (χ3v) is 0.447. The van der Waals surface area contributed by atoms with Crippen LogP contribution in [0.25, 0.3) is 0 Å². The average Bonchev–Trinajstić information content (AvgIpc) is 1.36. The predicted molar refractivity (Wildman–Crippen MR) is 12.3 cm³/mol. The maximum Gasteiger partial charge on any atom is 0.0326 e. The van der Waals surface area contributed by atoms with Gasteiger partial charge in [0.25, 0.3) is 0 Å². The molecule has 0 aromatic rings. The Hall–Kier alpha value is -0.180. The first-order valence-corrected chi connectivity index (χ1v) is 2.17. The van der Waals surface area contributed by atoms with Crippen LogP contribution in [0, 0.1) is 0 Å². The Morgan fingerprint density at radius 3 is 1.67 bits per heavy atom. The van der Waals surface area contributed by atoms with Crippen LogP contribution in [0.4, 0.5) is 4.79 Å². The fourth-order valence-electron chi connectivity index (χ4n) is 0. The van der Waals surface area contributed by atoms with Gasteiger partial charge in [-0.15, -0.1) is 0 Å². The van der Waals surface area contributed by atoms with Crippen molar-refractivity contribution in [2.45, 2.75) is 0 Å². The van der Waals surface area contributed by atoms with Crippen LogP contribution in [0.15, 0.2) is 0 Å². The van der Waals surface area contributed by atoms with Gasteiger partial charge >= 0.3 is 0 Å². The molecule has 0 aromatic carbocycles. The average molecular weight is 107 g/mol. The highest BCUT2D eigenvalue weighted by Crippen LogP contribution is 2.06. The Balaban J connectivity index is 3.26. The van der Waals surface area contributed by atoms with Crippen LogP contribution in [-0.2, 0) is 0 Å². The summed E-state index contributed by atoms with van der Waals surface area (Å²) in [5.41, 5.74) is -2.04. The van der Waals surface area contributed by atoms with Crippen molar-refractivity contribution in [2.24, 2.45) is 0 Å². The number of rotatable bonds is 1. The van der Waals surface area contributed by atoms with E-state index in [1.807, 2.05) is 0 Å². The Bertz CT molecular complexity index is 58.6. The highest BCUT2D eigenvalue weighted by molar-refractivity contribution is 7.60. The summed E-state index contributed by atoms with van der Waals surface area (Å²) in [6.07, 6.45) is 0. The molecule has 6 heavy (non-hydrogen) atoms. The molecule has 36 valence electrons. The van der Waals surface area contributed by atoms with Crippen molar-refractivity contribution >= 4 is 14.1 Å². The van der Waals surface area contributed by atoms with Crippen LogP contribution in [0.2, 0.25) is 0 Å². The molecule has 0 aliphatic heterocycles. The molecular weight excluding hydrogens is 107 g/mol. The lowest BCUT2D eigenvalue weighted by Crippen LogP contribution is -2.28. The van der Waals surface area contributed by atoms with Gasteiger partial charge < -0.3 is 19.7 Å². The lowest BCUT2D eigenvalue weighted by molar-refractivity contribution is -0.308. The molecule has 0 N–H and O–H groups in total. The van der Waals surface area contributed by atoms with Crippen LogP contribution < -0.4 is 14.9 Å². The normalized spacial score (nSPS) is 9.17. The van der Waals surface area contributed by atoms with Crippen LogP contribution in [0.5, 0.6) is 0 Å². The van der Waals surface area contributed by atoms with E-state index in [4.69, 9.17) is 19.7 Å². The zero-order valence-electron chi connectivity index (χ0n) is 2.58. The topological polar surface area (TPSA) is 86.2 Å². The monoisotopic (exact) mass is 107 g/mol. The lowest BCUT2D eigenvalue weighted by Gasteiger charge is -2.30. The van der Waals surface area contributed by atoms with E-state index in [9.17, 15) is 0 Å². The molecule has 0 bridgehead atoms. The number of carboxylic acid groups (broad SMARTS) is 1. The minimum absolute atomic E-state index is 2.04. The van der Waals surface area contributed by atoms with Gasteiger partial charge in [0.15, 0.2) is 0 Å². The molecule has 0 radical (unpaired) electrons. The summed E-state index contributed by atoms with van der Waals surface area (Å²) >= 11 is 0. The molecule has 0 atom stereocenters. The van der Waals surface area contributed by atoms with Gasteiger partial charge in [-0.25, -0.2) is 0 Å². The van der Waals surface area contributed by atoms with Gasteiger partial charge in [-0.3, -0.25) is 8.38 Å². The fourth-order valence-corrected chi connectivity index (χ4v) is 0. The highest BCUT2D eigenvalue weighted by atomic mass is 31.2. The van der Waals surface area contributed by atoms with Gasteiger partial charge in [0.05, 0.1) is 0 Å². The quantitative estimate of drug-likeness (QED) is 0.343. The number of hydrogen-bond acceptors (Lipinski definition) is 4. The Morgan fingerprint density at radius 1 is 1.50 bits per heavy atom. The number of carbonyl (C=O) groups excluding carboxylic acids is 1. The van der Waals surface area contributed by atoms with Crippen molar-refractivity contribution in [3.8, 4) is 0 Å². The summed E-state index contributed by atoms with van der Waals surface area (Å²) < 4.78 is 0. The first-order valence-electron chi connectivity index (χ1n) is 0.997. The van der Waals surface area contributed by atoms with E-state index in [-0.39, 0.29) is 0 Å². The zero-order chi connectivity index (χ0) is 5.15. The van der Waals surface area contributed by atoms with E-state index >= 15 is 0 Å². The third kappa shape index (κ3) is 2.08. The maximum atomic E-state index is 9.07. The molecule has 0 saturated heterocycles. The molecule has 5 heteroatoms. The van der Waals surface area contributed by atoms with Crippen molar-refractivity contribution in [3.63, 3.8) is 0 Å². The summed E-state index contributed by atoms with van der Waals surface area (Å²) in [6, 6.07) is 0. The van der Waals surface area contributed by atoms with E-state index < -0.39 is 14.1 Å². The summed E-state index contributed by atoms with van der Waals surface area (Å²) in [5, 5.41) is 8.99. The number of carbonyl (C=O) groups is 1. The van der Waals surface area contributed by atoms with Gasteiger partial charge in [-0.05, 0) is 0 Å². The largest absolute Gasteiger partial charge is 0.837 e. The lowest BCUT2D eigenvalue weighted by atomic mass is 11.6. The summed E-state index contributed by atoms with van der Waals surface area (Å²) in [4.78, 5) is 27.1. The molecule has 0 spiro atoms. The molecule has 0 aliphatic carbocycles. The minimum atomic E-state index is -3.35. The van der Waals surface area contributed by atoms with E-state index in [1.54, 1.807) is 0 Å². The second-order valence-corrected chi connectivity index (χ2v) is 1.40. The Labute approximate surface area is 35.0 Å². The molecule has 0 rings (SSSR count). The first kappa shape index (κ1) is 5.82. The van der Waals surface area contributed by atoms with Crippen molar-refractivity contribution in [3.05, 3.63) is 0 Å². The van der Waals surface area contributed by atoms with Crippen molar-refractivity contribution in [1.29, 1.82) is 0 Å². The summed E-state index contributed by atoms with van der Waals surface area (Å²) in [5.74, 6) is 0. The van der Waals surface area contributed by atoms with E-state index in [1.165, 1.54) is 0 Å². The van der Waals surface area contributed by atoms with Gasteiger partial charge in [0, 0.05) is 5.71 Å². The molecule has 0 aliphatic rings. The maximum absolute atomic E-state index is 9.07. The van der Waals surface area contributed by atoms with Crippen LogP contribution >= 0.6 is 8.38 Å². The Morgan fingerprint density at radius 2 is 1.67 bits per heavy atom. The number of hydrogen-bond donors (Lipinski definition) is 0. The van der Waals surface area contributed by atoms with Crippen LogP contribution in [0.1, 0.15) is 0 Å². The zero-order valence-corrected chi connectivity index (χ0v) is 3.47. The predicted octanol–water partition coefficient (Wildman–Crippen LogP) is -2.64. The second-order valence-electron chi connectivity index (χ2n) is 0.523. The smallest absolute Gasteiger partial charge is 0.0326 e. The van der Waals surface area contributed by atoms with E-state index in [2.05, 4.69) is 0 Å². The second kappa shape index (κ2) is 2.08. The molecule has 0 heterocycles. The van der Waals surface area contributed by atoms with Crippen molar-refractivity contribution < 1.29 is 19.7 Å². The molecule has 0 unspecified atom stereocenters. The molecule has 0 aromatic heterocycles. The highest BCUT2D eigenvalue weighted by Gasteiger charge is 1.64. The minimum Gasteiger partial charge on any atom is -0.837 e. The molecule has 0 saturated carbocycles. The fraction of sp³-hybridized carbons (Fsp3) is 0. The van der Waals surface area contributed by atoms with Gasteiger partial charge in [0.1, 0.15) is 0 Å². The molecular formula is CO4P-3. The standard InChI is InChI=1S/CHO4P/c2-1(3)6(4)5/h(H,2,3)/q-2/p-1. The molecule has 4 nitrogen and oxygen atoms in total. The van der Waals surface area contributed by atoms with Gasteiger partial charge in [0.2, 0.25) is 0 Å². The van der Waals surface area contributed by atoms with Crippen molar-refractivity contribution in [1.82, 2.24) is 0 Å². The summed E-state index contributed by atoms with van der Waals surface area (Å²) in [6.45, 7) is 0. The van der Waals surface area contributed by atoms with Crippen LogP contribution in [-0.4, -0.2) is 5.71 Å². The van der Waals surface area contributed by atoms with E-state index in [0.717, 1.165) is 0 Å². The third-order valence-electron chi connectivity index (χ3n) is 0.149. The Kier molecular flexibility index (Phi) is 2.01. The van der Waals surface area contributed by atoms with Gasteiger partial charge in [-0.1, -0.05) is 0 Å². The van der Waals surface area contributed by atoms with Gasteiger partial charge in [-0.2, -0.15) is 0 Å².